The van der Waals surface area contributed by atoms with E-state index in [4.69, 9.17) is 9.47 Å². The molecule has 2 aromatic rings. The summed E-state index contributed by atoms with van der Waals surface area (Å²) in [6.45, 7) is 6.47. The lowest BCUT2D eigenvalue weighted by Gasteiger charge is -2.36. The first-order valence-corrected chi connectivity index (χ1v) is 9.98. The van der Waals surface area contributed by atoms with Crippen LogP contribution in [0, 0.1) is 12.7 Å². The lowest BCUT2D eigenvalue weighted by Crippen LogP contribution is -2.49. The molecule has 3 rings (SSSR count). The molecule has 1 fully saturated rings. The number of benzene rings is 2. The topological polar surface area (TPSA) is 42.0 Å². The van der Waals surface area contributed by atoms with Crippen LogP contribution in [-0.2, 0) is 16.0 Å². The first-order valence-electron chi connectivity index (χ1n) is 9.98. The maximum atomic E-state index is 13.6. The van der Waals surface area contributed by atoms with Crippen LogP contribution in [0.2, 0.25) is 0 Å². The third-order valence-corrected chi connectivity index (χ3v) is 5.10. The van der Waals surface area contributed by atoms with Gasteiger partial charge in [0, 0.05) is 45.4 Å². The number of amides is 1. The van der Waals surface area contributed by atoms with Crippen molar-refractivity contribution in [2.75, 3.05) is 46.5 Å². The molecular formula is C23H29FN2O3. The molecule has 29 heavy (non-hydrogen) atoms. The molecule has 1 saturated heterocycles. The molecule has 1 amide bonds. The standard InChI is InChI=1S/C23H29FN2O3/c1-18-6-8-19(9-7-18)15-25-10-13-29-22(16-25)17-26(11-12-28-2)23(27)20-4-3-5-21(24)14-20/h3-9,14,22H,10-13,15-17H2,1-2H3. The summed E-state index contributed by atoms with van der Waals surface area (Å²) in [7, 11) is 1.60. The minimum atomic E-state index is -0.416. The van der Waals surface area contributed by atoms with Gasteiger partial charge in [-0.3, -0.25) is 9.69 Å². The number of hydrogen-bond donors (Lipinski definition) is 0. The molecule has 0 N–H and O–H groups in total. The molecule has 156 valence electrons. The van der Waals surface area contributed by atoms with Crippen LogP contribution < -0.4 is 0 Å². The number of morpholine rings is 1. The molecule has 5 nitrogen and oxygen atoms in total. The van der Waals surface area contributed by atoms with Crippen molar-refractivity contribution in [3.05, 3.63) is 71.0 Å². The average Bonchev–Trinajstić information content (AvgIpc) is 2.72. The summed E-state index contributed by atoms with van der Waals surface area (Å²) in [5.74, 6) is -0.624. The minimum absolute atomic E-state index is 0.0939. The monoisotopic (exact) mass is 400 g/mol. The minimum Gasteiger partial charge on any atom is -0.383 e. The summed E-state index contributed by atoms with van der Waals surface area (Å²) in [6, 6.07) is 14.3. The first-order chi connectivity index (χ1) is 14.0. The summed E-state index contributed by atoms with van der Waals surface area (Å²) in [5, 5.41) is 0. The van der Waals surface area contributed by atoms with Gasteiger partial charge in [0.15, 0.2) is 0 Å². The maximum Gasteiger partial charge on any atom is 0.254 e. The van der Waals surface area contributed by atoms with Gasteiger partial charge in [0.25, 0.3) is 5.91 Å². The van der Waals surface area contributed by atoms with Gasteiger partial charge >= 0.3 is 0 Å². The molecule has 0 saturated carbocycles. The molecule has 1 unspecified atom stereocenters. The summed E-state index contributed by atoms with van der Waals surface area (Å²) >= 11 is 0. The van der Waals surface area contributed by atoms with E-state index in [0.717, 1.165) is 19.6 Å². The van der Waals surface area contributed by atoms with E-state index in [9.17, 15) is 9.18 Å². The predicted octanol–water partition coefficient (Wildman–Crippen LogP) is 3.12. The van der Waals surface area contributed by atoms with E-state index in [2.05, 4.69) is 36.1 Å². The fraction of sp³-hybridized carbons (Fsp3) is 0.435. The number of hydrogen-bond acceptors (Lipinski definition) is 4. The summed E-state index contributed by atoms with van der Waals surface area (Å²) < 4.78 is 24.7. The number of aryl methyl sites for hydroxylation is 1. The number of methoxy groups -OCH3 is 1. The van der Waals surface area contributed by atoms with E-state index >= 15 is 0 Å². The van der Waals surface area contributed by atoms with Crippen molar-refractivity contribution in [3.63, 3.8) is 0 Å². The van der Waals surface area contributed by atoms with Crippen molar-refractivity contribution >= 4 is 5.91 Å². The zero-order valence-corrected chi connectivity index (χ0v) is 17.1. The van der Waals surface area contributed by atoms with Gasteiger partial charge in [-0.05, 0) is 30.7 Å². The number of carbonyl (C=O) groups excluding carboxylic acids is 1. The van der Waals surface area contributed by atoms with Crippen LogP contribution in [0.25, 0.3) is 0 Å². The van der Waals surface area contributed by atoms with Gasteiger partial charge in [-0.25, -0.2) is 4.39 Å². The van der Waals surface area contributed by atoms with Crippen LogP contribution in [0.1, 0.15) is 21.5 Å². The molecular weight excluding hydrogens is 371 g/mol. The van der Waals surface area contributed by atoms with Crippen LogP contribution in [-0.4, -0.2) is 68.3 Å². The van der Waals surface area contributed by atoms with E-state index in [-0.39, 0.29) is 12.0 Å². The van der Waals surface area contributed by atoms with Gasteiger partial charge in [0.2, 0.25) is 0 Å². The van der Waals surface area contributed by atoms with Gasteiger partial charge in [-0.1, -0.05) is 35.9 Å². The van der Waals surface area contributed by atoms with E-state index < -0.39 is 5.82 Å². The highest BCUT2D eigenvalue weighted by molar-refractivity contribution is 5.94. The highest BCUT2D eigenvalue weighted by Crippen LogP contribution is 2.14. The van der Waals surface area contributed by atoms with Gasteiger partial charge < -0.3 is 14.4 Å². The number of rotatable bonds is 8. The Labute approximate surface area is 172 Å². The SMILES string of the molecule is COCCN(CC1CN(Cc2ccc(C)cc2)CCO1)C(=O)c1cccc(F)c1. The van der Waals surface area contributed by atoms with Crippen LogP contribution in [0.3, 0.4) is 0 Å². The first kappa shape index (κ1) is 21.4. The number of ether oxygens (including phenoxy) is 2. The molecule has 1 heterocycles. The average molecular weight is 400 g/mol. The van der Waals surface area contributed by atoms with Gasteiger partial charge in [0.1, 0.15) is 5.82 Å². The summed E-state index contributed by atoms with van der Waals surface area (Å²) in [4.78, 5) is 17.0. The zero-order chi connectivity index (χ0) is 20.6. The third-order valence-electron chi connectivity index (χ3n) is 5.10. The Balaban J connectivity index is 1.63. The quantitative estimate of drug-likeness (QED) is 0.683. The Kier molecular flexibility index (Phi) is 7.75. The molecule has 2 aromatic carbocycles. The molecule has 0 spiro atoms. The highest BCUT2D eigenvalue weighted by atomic mass is 19.1. The molecule has 1 atom stereocenters. The summed E-state index contributed by atoms with van der Waals surface area (Å²) in [5.41, 5.74) is 2.86. The molecule has 0 bridgehead atoms. The normalized spacial score (nSPS) is 17.3. The van der Waals surface area contributed by atoms with Crippen LogP contribution >= 0.6 is 0 Å². The van der Waals surface area contributed by atoms with Crippen LogP contribution in [0.4, 0.5) is 4.39 Å². The Hall–Kier alpha value is -2.28. The Morgan fingerprint density at radius 1 is 1.28 bits per heavy atom. The Bertz CT molecular complexity index is 797. The number of halogens is 1. The second-order valence-corrected chi connectivity index (χ2v) is 7.47. The third kappa shape index (κ3) is 6.35. The van der Waals surface area contributed by atoms with Gasteiger partial charge in [-0.2, -0.15) is 0 Å². The number of carbonyl (C=O) groups is 1. The lowest BCUT2D eigenvalue weighted by atomic mass is 10.1. The van der Waals surface area contributed by atoms with Gasteiger partial charge in [0.05, 0.1) is 19.3 Å². The van der Waals surface area contributed by atoms with Crippen molar-refractivity contribution in [3.8, 4) is 0 Å². The fourth-order valence-electron chi connectivity index (χ4n) is 3.51. The van der Waals surface area contributed by atoms with Gasteiger partial charge in [-0.15, -0.1) is 0 Å². The van der Waals surface area contributed by atoms with Crippen LogP contribution in [0.5, 0.6) is 0 Å². The molecule has 0 aromatic heterocycles. The van der Waals surface area contributed by atoms with E-state index in [1.165, 1.54) is 23.3 Å². The highest BCUT2D eigenvalue weighted by Gasteiger charge is 2.25. The second-order valence-electron chi connectivity index (χ2n) is 7.47. The Morgan fingerprint density at radius 2 is 2.07 bits per heavy atom. The van der Waals surface area contributed by atoms with Crippen molar-refractivity contribution in [2.45, 2.75) is 19.6 Å². The summed E-state index contributed by atoms with van der Waals surface area (Å²) in [6.07, 6.45) is -0.0939. The Morgan fingerprint density at radius 3 is 2.79 bits per heavy atom. The lowest BCUT2D eigenvalue weighted by molar-refractivity contribution is -0.0444. The molecule has 1 aliphatic rings. The largest absolute Gasteiger partial charge is 0.383 e. The van der Waals surface area contributed by atoms with Crippen LogP contribution in [0.15, 0.2) is 48.5 Å². The fourth-order valence-corrected chi connectivity index (χ4v) is 3.51. The maximum absolute atomic E-state index is 13.6. The van der Waals surface area contributed by atoms with Crippen molar-refractivity contribution in [1.82, 2.24) is 9.80 Å². The smallest absolute Gasteiger partial charge is 0.254 e. The zero-order valence-electron chi connectivity index (χ0n) is 17.1. The van der Waals surface area contributed by atoms with E-state index in [1.807, 2.05) is 0 Å². The molecule has 0 radical (unpaired) electrons. The van der Waals surface area contributed by atoms with Crippen molar-refractivity contribution in [2.24, 2.45) is 0 Å². The number of nitrogens with zero attached hydrogens (tertiary/aromatic N) is 2. The van der Waals surface area contributed by atoms with Crippen molar-refractivity contribution in [1.29, 1.82) is 0 Å². The van der Waals surface area contributed by atoms with E-state index in [0.29, 0.717) is 31.9 Å². The van der Waals surface area contributed by atoms with E-state index in [1.54, 1.807) is 24.1 Å². The predicted molar refractivity (Wildman–Crippen MR) is 110 cm³/mol. The van der Waals surface area contributed by atoms with Crippen molar-refractivity contribution < 1.29 is 18.7 Å². The molecule has 0 aliphatic carbocycles. The molecule has 6 heteroatoms. The second kappa shape index (κ2) is 10.5. The molecule has 1 aliphatic heterocycles.